The van der Waals surface area contributed by atoms with Gasteiger partial charge in [-0.3, -0.25) is 4.79 Å². The summed E-state index contributed by atoms with van der Waals surface area (Å²) in [5.74, 6) is -0.0744. The zero-order valence-corrected chi connectivity index (χ0v) is 11.9. The molecule has 0 fully saturated rings. The summed E-state index contributed by atoms with van der Waals surface area (Å²) in [7, 11) is -3.44. The molecule has 16 heavy (non-hydrogen) atoms. The Morgan fingerprint density at radius 3 is 2.06 bits per heavy atom. The summed E-state index contributed by atoms with van der Waals surface area (Å²) < 4.78 is 21.5. The van der Waals surface area contributed by atoms with E-state index in [1.165, 1.54) is 13.8 Å². The smallest absolute Gasteiger partial charge is 0.241 e. The first-order valence-electron chi connectivity index (χ1n) is 5.10. The molecule has 0 bridgehead atoms. The van der Waals surface area contributed by atoms with Crippen LogP contribution in [0.5, 0.6) is 0 Å². The average molecular weight is 270 g/mol. The maximum atomic E-state index is 11.8. The molecule has 0 aromatic heterocycles. The maximum Gasteiger partial charge on any atom is 0.241 e. The van der Waals surface area contributed by atoms with Crippen molar-refractivity contribution in [1.82, 2.24) is 5.32 Å². The summed E-state index contributed by atoms with van der Waals surface area (Å²) in [6, 6.07) is -0.213. The topological polar surface area (TPSA) is 63.2 Å². The second-order valence-electron chi connectivity index (χ2n) is 4.76. The summed E-state index contributed by atoms with van der Waals surface area (Å²) in [6.45, 7) is 6.62. The van der Waals surface area contributed by atoms with E-state index in [2.05, 4.69) is 5.32 Å². The number of rotatable bonds is 5. The number of carbonyl (C=O) groups is 1. The van der Waals surface area contributed by atoms with Crippen LogP contribution in [-0.4, -0.2) is 37.2 Å². The minimum Gasteiger partial charge on any atom is -0.351 e. The van der Waals surface area contributed by atoms with Gasteiger partial charge in [-0.15, -0.1) is 11.6 Å². The van der Waals surface area contributed by atoms with E-state index in [0.717, 1.165) is 6.26 Å². The van der Waals surface area contributed by atoms with Gasteiger partial charge in [-0.1, -0.05) is 13.8 Å². The number of hydrogen-bond acceptors (Lipinski definition) is 3. The van der Waals surface area contributed by atoms with Crippen LogP contribution >= 0.6 is 11.6 Å². The first-order valence-corrected chi connectivity index (χ1v) is 7.53. The number of sulfone groups is 1. The molecule has 0 aromatic carbocycles. The molecule has 1 atom stereocenters. The molecule has 6 heteroatoms. The summed E-state index contributed by atoms with van der Waals surface area (Å²) in [5.41, 5.74) is 0. The van der Waals surface area contributed by atoms with Crippen molar-refractivity contribution in [2.75, 3.05) is 12.1 Å². The predicted molar refractivity (Wildman–Crippen MR) is 66.4 cm³/mol. The van der Waals surface area contributed by atoms with Crippen molar-refractivity contribution in [2.24, 2.45) is 5.92 Å². The van der Waals surface area contributed by atoms with Gasteiger partial charge in [0.1, 0.15) is 4.75 Å². The predicted octanol–water partition coefficient (Wildman–Crippen LogP) is 1.19. The normalized spacial score (nSPS) is 14.9. The summed E-state index contributed by atoms with van der Waals surface area (Å²) in [6.07, 6.45) is 1.05. The highest BCUT2D eigenvalue weighted by molar-refractivity contribution is 7.92. The van der Waals surface area contributed by atoms with Crippen LogP contribution in [0.3, 0.4) is 0 Å². The Balaban J connectivity index is 4.84. The van der Waals surface area contributed by atoms with Crippen molar-refractivity contribution in [1.29, 1.82) is 0 Å². The standard InChI is InChI=1S/C10H20ClNO3S/c1-7(2)8(6-11)12-9(13)10(3,4)16(5,14)15/h7-8H,6H2,1-5H3,(H,12,13). The molecule has 0 heterocycles. The minimum atomic E-state index is -3.44. The fourth-order valence-electron chi connectivity index (χ4n) is 0.894. The van der Waals surface area contributed by atoms with E-state index in [1.807, 2.05) is 13.8 Å². The SMILES string of the molecule is CC(C)C(CCl)NC(=O)C(C)(C)S(C)(=O)=O. The molecule has 1 amide bonds. The Morgan fingerprint density at radius 1 is 1.38 bits per heavy atom. The van der Waals surface area contributed by atoms with E-state index in [9.17, 15) is 13.2 Å². The monoisotopic (exact) mass is 269 g/mol. The molecule has 1 unspecified atom stereocenters. The molecule has 0 radical (unpaired) electrons. The van der Waals surface area contributed by atoms with Gasteiger partial charge >= 0.3 is 0 Å². The Bertz CT molecular complexity index is 349. The van der Waals surface area contributed by atoms with Gasteiger partial charge in [0.25, 0.3) is 0 Å². The van der Waals surface area contributed by atoms with Crippen LogP contribution in [0.15, 0.2) is 0 Å². The molecule has 0 aromatic rings. The van der Waals surface area contributed by atoms with E-state index in [1.54, 1.807) is 0 Å². The second-order valence-corrected chi connectivity index (χ2v) is 7.63. The van der Waals surface area contributed by atoms with E-state index in [0.29, 0.717) is 0 Å². The Labute approximate surface area is 103 Å². The second kappa shape index (κ2) is 5.36. The van der Waals surface area contributed by atoms with Gasteiger partial charge in [-0.25, -0.2) is 8.42 Å². The first kappa shape index (κ1) is 15.7. The van der Waals surface area contributed by atoms with Crippen LogP contribution in [0.2, 0.25) is 0 Å². The van der Waals surface area contributed by atoms with E-state index >= 15 is 0 Å². The number of hydrogen-bond donors (Lipinski definition) is 1. The van der Waals surface area contributed by atoms with Crippen molar-refractivity contribution in [3.05, 3.63) is 0 Å². The van der Waals surface area contributed by atoms with Crippen molar-refractivity contribution in [3.63, 3.8) is 0 Å². The zero-order chi connectivity index (χ0) is 13.1. The number of halogens is 1. The molecule has 0 saturated carbocycles. The molecular formula is C10H20ClNO3S. The highest BCUT2D eigenvalue weighted by atomic mass is 35.5. The van der Waals surface area contributed by atoms with Crippen molar-refractivity contribution in [2.45, 2.75) is 38.5 Å². The van der Waals surface area contributed by atoms with Crippen LogP contribution in [0, 0.1) is 5.92 Å². The highest BCUT2D eigenvalue weighted by Gasteiger charge is 2.39. The van der Waals surface area contributed by atoms with Gasteiger partial charge in [0.05, 0.1) is 0 Å². The Kier molecular flexibility index (Phi) is 5.26. The average Bonchev–Trinajstić information content (AvgIpc) is 2.11. The Morgan fingerprint density at radius 2 is 1.81 bits per heavy atom. The molecule has 0 saturated heterocycles. The van der Waals surface area contributed by atoms with Gasteiger partial charge < -0.3 is 5.32 Å². The first-order chi connectivity index (χ1) is 7.04. The van der Waals surface area contributed by atoms with Crippen LogP contribution in [0.25, 0.3) is 0 Å². The van der Waals surface area contributed by atoms with Gasteiger partial charge in [0.2, 0.25) is 5.91 Å². The Hall–Kier alpha value is -0.290. The summed E-state index contributed by atoms with van der Waals surface area (Å²) >= 11 is 5.71. The fraction of sp³-hybridized carbons (Fsp3) is 0.900. The zero-order valence-electron chi connectivity index (χ0n) is 10.4. The van der Waals surface area contributed by atoms with Crippen LogP contribution in [0.1, 0.15) is 27.7 Å². The molecular weight excluding hydrogens is 250 g/mol. The minimum absolute atomic E-state index is 0.164. The molecule has 0 aliphatic heterocycles. The van der Waals surface area contributed by atoms with Crippen molar-refractivity contribution in [3.8, 4) is 0 Å². The van der Waals surface area contributed by atoms with Gasteiger partial charge in [0, 0.05) is 18.2 Å². The van der Waals surface area contributed by atoms with Crippen LogP contribution in [-0.2, 0) is 14.6 Å². The van der Waals surface area contributed by atoms with Crippen molar-refractivity contribution >= 4 is 27.3 Å². The van der Waals surface area contributed by atoms with E-state index in [4.69, 9.17) is 11.6 Å². The van der Waals surface area contributed by atoms with Crippen LogP contribution in [0.4, 0.5) is 0 Å². The quantitative estimate of drug-likeness (QED) is 0.763. The van der Waals surface area contributed by atoms with Gasteiger partial charge in [-0.2, -0.15) is 0 Å². The molecule has 0 aliphatic carbocycles. The lowest BCUT2D eigenvalue weighted by molar-refractivity contribution is -0.123. The lowest BCUT2D eigenvalue weighted by Gasteiger charge is -2.26. The third-order valence-electron chi connectivity index (χ3n) is 2.76. The van der Waals surface area contributed by atoms with Crippen molar-refractivity contribution < 1.29 is 13.2 Å². The number of amides is 1. The lowest BCUT2D eigenvalue weighted by atomic mass is 10.1. The van der Waals surface area contributed by atoms with Gasteiger partial charge in [0.15, 0.2) is 9.84 Å². The molecule has 0 aliphatic rings. The molecule has 1 N–H and O–H groups in total. The lowest BCUT2D eigenvalue weighted by Crippen LogP contribution is -2.52. The van der Waals surface area contributed by atoms with E-state index < -0.39 is 20.5 Å². The number of alkyl halides is 1. The largest absolute Gasteiger partial charge is 0.351 e. The fourth-order valence-corrected chi connectivity index (χ4v) is 1.72. The summed E-state index contributed by atoms with van der Waals surface area (Å²) in [4.78, 5) is 11.8. The molecule has 96 valence electrons. The van der Waals surface area contributed by atoms with Gasteiger partial charge in [-0.05, 0) is 19.8 Å². The third-order valence-corrected chi connectivity index (χ3v) is 5.13. The van der Waals surface area contributed by atoms with Crippen LogP contribution < -0.4 is 5.32 Å². The molecule has 0 rings (SSSR count). The highest BCUT2D eigenvalue weighted by Crippen LogP contribution is 2.16. The summed E-state index contributed by atoms with van der Waals surface area (Å²) in [5, 5.41) is 2.66. The number of nitrogens with one attached hydrogen (secondary N) is 1. The maximum absolute atomic E-state index is 11.8. The molecule has 4 nitrogen and oxygen atoms in total. The van der Waals surface area contributed by atoms with E-state index in [-0.39, 0.29) is 17.8 Å². The third kappa shape index (κ3) is 3.63. The number of carbonyl (C=O) groups excluding carboxylic acids is 1. The molecule has 0 spiro atoms.